The van der Waals surface area contributed by atoms with Crippen molar-refractivity contribution in [1.29, 1.82) is 5.26 Å². The molecule has 6 heteroatoms. The fourth-order valence-corrected chi connectivity index (χ4v) is 1.69. The van der Waals surface area contributed by atoms with E-state index in [1.54, 1.807) is 36.4 Å². The van der Waals surface area contributed by atoms with Crippen molar-refractivity contribution in [2.24, 2.45) is 0 Å². The number of aromatic amines is 1. The minimum absolute atomic E-state index is 0.115. The Labute approximate surface area is 101 Å². The molecule has 1 aromatic carbocycles. The van der Waals surface area contributed by atoms with Gasteiger partial charge in [-0.15, -0.1) is 0 Å². The van der Waals surface area contributed by atoms with Gasteiger partial charge in [0.05, 0.1) is 18.2 Å². The lowest BCUT2D eigenvalue weighted by molar-refractivity contribution is -0.141. The quantitative estimate of drug-likeness (QED) is 0.891. The number of H-pyrrole nitrogens is 1. The van der Waals surface area contributed by atoms with E-state index in [-0.39, 0.29) is 17.7 Å². The Kier molecular flexibility index (Phi) is 3.06. The van der Waals surface area contributed by atoms with Gasteiger partial charge in [0.15, 0.2) is 0 Å². The molecule has 0 unspecified atom stereocenters. The van der Waals surface area contributed by atoms with E-state index in [1.807, 2.05) is 5.10 Å². The van der Waals surface area contributed by atoms with E-state index < -0.39 is 11.9 Å². The Bertz CT molecular complexity index is 579. The Morgan fingerprint density at radius 2 is 1.89 bits per heavy atom. The molecule has 3 nitrogen and oxygen atoms in total. The minimum Gasteiger partial charge on any atom is -0.273 e. The normalized spacial score (nSPS) is 11.2. The summed E-state index contributed by atoms with van der Waals surface area (Å²) < 4.78 is 38.2. The van der Waals surface area contributed by atoms with Crippen LogP contribution in [-0.4, -0.2) is 10.2 Å². The van der Waals surface area contributed by atoms with Crippen molar-refractivity contribution in [2.75, 3.05) is 0 Å². The first kappa shape index (κ1) is 12.2. The maximum atomic E-state index is 12.7. The average Bonchev–Trinajstić information content (AvgIpc) is 2.74. The number of hydrogen-bond acceptors (Lipinski definition) is 2. The summed E-state index contributed by atoms with van der Waals surface area (Å²) >= 11 is 0. The van der Waals surface area contributed by atoms with Crippen LogP contribution in [0.3, 0.4) is 0 Å². The summed E-state index contributed by atoms with van der Waals surface area (Å²) in [6.45, 7) is 0. The number of rotatable bonds is 2. The van der Waals surface area contributed by atoms with Crippen molar-refractivity contribution in [2.45, 2.75) is 12.6 Å². The van der Waals surface area contributed by atoms with Crippen molar-refractivity contribution in [3.05, 3.63) is 41.6 Å². The van der Waals surface area contributed by atoms with Crippen molar-refractivity contribution < 1.29 is 13.2 Å². The first-order valence-corrected chi connectivity index (χ1v) is 5.11. The number of alkyl halides is 3. The van der Waals surface area contributed by atoms with Gasteiger partial charge in [-0.05, 0) is 0 Å². The van der Waals surface area contributed by atoms with Gasteiger partial charge in [0, 0.05) is 11.1 Å². The number of aromatic nitrogens is 2. The lowest BCUT2D eigenvalue weighted by Crippen LogP contribution is -2.08. The molecule has 2 aromatic rings. The maximum absolute atomic E-state index is 12.7. The molecule has 0 bridgehead atoms. The van der Waals surface area contributed by atoms with E-state index in [2.05, 4.69) is 5.10 Å². The summed E-state index contributed by atoms with van der Waals surface area (Å²) in [4.78, 5) is 0. The Balaban J connectivity index is 2.57. The predicted molar refractivity (Wildman–Crippen MR) is 58.3 cm³/mol. The van der Waals surface area contributed by atoms with E-state index in [9.17, 15) is 13.2 Å². The van der Waals surface area contributed by atoms with Crippen LogP contribution in [0, 0.1) is 11.3 Å². The molecule has 0 saturated heterocycles. The largest absolute Gasteiger partial charge is 0.433 e. The Hall–Kier alpha value is -2.29. The highest BCUT2D eigenvalue weighted by atomic mass is 19.4. The molecule has 1 heterocycles. The van der Waals surface area contributed by atoms with Gasteiger partial charge in [0.2, 0.25) is 0 Å². The number of hydrogen-bond donors (Lipinski definition) is 1. The van der Waals surface area contributed by atoms with Crippen molar-refractivity contribution in [3.8, 4) is 17.3 Å². The highest BCUT2D eigenvalue weighted by Gasteiger charge is 2.37. The molecule has 18 heavy (non-hydrogen) atoms. The zero-order valence-electron chi connectivity index (χ0n) is 9.12. The Morgan fingerprint density at radius 3 is 2.44 bits per heavy atom. The highest BCUT2D eigenvalue weighted by Crippen LogP contribution is 2.34. The standard InChI is InChI=1S/C12H8F3N3/c13-12(14,15)11-9(6-7-16)10(17-18-11)8-4-2-1-3-5-8/h1-5H,6H2,(H,17,18). The highest BCUT2D eigenvalue weighted by molar-refractivity contribution is 5.64. The van der Waals surface area contributed by atoms with Gasteiger partial charge < -0.3 is 0 Å². The van der Waals surface area contributed by atoms with Crippen LogP contribution in [0.25, 0.3) is 11.3 Å². The molecule has 0 aliphatic carbocycles. The number of nitrogens with one attached hydrogen (secondary N) is 1. The summed E-state index contributed by atoms with van der Waals surface area (Å²) in [5.41, 5.74) is -0.349. The molecule has 0 amide bonds. The zero-order valence-corrected chi connectivity index (χ0v) is 9.12. The molecule has 1 aromatic heterocycles. The van der Waals surface area contributed by atoms with Crippen molar-refractivity contribution >= 4 is 0 Å². The molecule has 0 fully saturated rings. The molecule has 0 radical (unpaired) electrons. The van der Waals surface area contributed by atoms with Gasteiger partial charge in [0.25, 0.3) is 0 Å². The summed E-state index contributed by atoms with van der Waals surface area (Å²) in [7, 11) is 0. The van der Waals surface area contributed by atoms with Gasteiger partial charge in [-0.2, -0.15) is 23.5 Å². The van der Waals surface area contributed by atoms with Crippen LogP contribution >= 0.6 is 0 Å². The molecule has 0 spiro atoms. The van der Waals surface area contributed by atoms with Crippen LogP contribution in [0.1, 0.15) is 11.3 Å². The molecule has 2 rings (SSSR count). The van der Waals surface area contributed by atoms with Gasteiger partial charge in [-0.25, -0.2) is 0 Å². The number of nitriles is 1. The van der Waals surface area contributed by atoms with E-state index >= 15 is 0 Å². The third-order valence-corrected chi connectivity index (χ3v) is 2.45. The molecular formula is C12H8F3N3. The van der Waals surface area contributed by atoms with Gasteiger partial charge in [-0.1, -0.05) is 30.3 Å². The van der Waals surface area contributed by atoms with E-state index in [0.29, 0.717) is 5.56 Å². The summed E-state index contributed by atoms with van der Waals surface area (Å²) in [6, 6.07) is 10.2. The molecular weight excluding hydrogens is 243 g/mol. The number of nitrogens with zero attached hydrogens (tertiary/aromatic N) is 2. The van der Waals surface area contributed by atoms with Crippen LogP contribution in [0.15, 0.2) is 30.3 Å². The molecule has 1 N–H and O–H groups in total. The van der Waals surface area contributed by atoms with Crippen LogP contribution in [0.2, 0.25) is 0 Å². The lowest BCUT2D eigenvalue weighted by Gasteiger charge is -2.05. The smallest absolute Gasteiger partial charge is 0.273 e. The number of halogens is 3. The van der Waals surface area contributed by atoms with Gasteiger partial charge >= 0.3 is 6.18 Å². The SMILES string of the molecule is N#CCc1c(-c2ccccc2)n[nH]c1C(F)(F)F. The lowest BCUT2D eigenvalue weighted by atomic mass is 10.0. The van der Waals surface area contributed by atoms with Crippen LogP contribution in [0.5, 0.6) is 0 Å². The van der Waals surface area contributed by atoms with Gasteiger partial charge in [-0.3, -0.25) is 5.10 Å². The molecule has 0 aliphatic heterocycles. The average molecular weight is 251 g/mol. The summed E-state index contributed by atoms with van der Waals surface area (Å²) in [6.07, 6.45) is -4.87. The second kappa shape index (κ2) is 4.53. The summed E-state index contributed by atoms with van der Waals surface area (Å²) in [5.74, 6) is 0. The first-order valence-electron chi connectivity index (χ1n) is 5.11. The number of benzene rings is 1. The maximum Gasteiger partial charge on any atom is 0.433 e. The molecule has 0 aliphatic rings. The van der Waals surface area contributed by atoms with Crippen LogP contribution < -0.4 is 0 Å². The third kappa shape index (κ3) is 2.20. The van der Waals surface area contributed by atoms with Crippen LogP contribution in [0.4, 0.5) is 13.2 Å². The second-order valence-corrected chi connectivity index (χ2v) is 3.62. The topological polar surface area (TPSA) is 52.5 Å². The second-order valence-electron chi connectivity index (χ2n) is 3.62. The van der Waals surface area contributed by atoms with Crippen molar-refractivity contribution in [3.63, 3.8) is 0 Å². The Morgan fingerprint density at radius 1 is 1.22 bits per heavy atom. The minimum atomic E-state index is -4.54. The zero-order chi connectivity index (χ0) is 13.2. The monoisotopic (exact) mass is 251 g/mol. The third-order valence-electron chi connectivity index (χ3n) is 2.45. The van der Waals surface area contributed by atoms with E-state index in [4.69, 9.17) is 5.26 Å². The molecule has 0 atom stereocenters. The van der Waals surface area contributed by atoms with E-state index in [0.717, 1.165) is 0 Å². The predicted octanol–water partition coefficient (Wildman–Crippen LogP) is 3.16. The fraction of sp³-hybridized carbons (Fsp3) is 0.167. The summed E-state index contributed by atoms with van der Waals surface area (Å²) in [5, 5.41) is 14.3. The molecule has 0 saturated carbocycles. The van der Waals surface area contributed by atoms with Gasteiger partial charge in [0.1, 0.15) is 5.69 Å². The van der Waals surface area contributed by atoms with Crippen molar-refractivity contribution in [1.82, 2.24) is 10.2 Å². The van der Waals surface area contributed by atoms with E-state index in [1.165, 1.54) is 0 Å². The first-order chi connectivity index (χ1) is 8.54. The fourth-order valence-electron chi connectivity index (χ4n) is 1.69. The van der Waals surface area contributed by atoms with Crippen LogP contribution in [-0.2, 0) is 12.6 Å². The molecule has 92 valence electrons.